The summed E-state index contributed by atoms with van der Waals surface area (Å²) in [6, 6.07) is 4.85. The molecule has 9 heteroatoms. The Morgan fingerprint density at radius 2 is 1.77 bits per heavy atom. The highest BCUT2D eigenvalue weighted by Gasteiger charge is 2.24. The fourth-order valence-electron chi connectivity index (χ4n) is 3.21. The van der Waals surface area contributed by atoms with Crippen molar-refractivity contribution in [2.45, 2.75) is 33.7 Å². The summed E-state index contributed by atoms with van der Waals surface area (Å²) in [5, 5.41) is 2.76. The zero-order valence-corrected chi connectivity index (χ0v) is 18.6. The van der Waals surface area contributed by atoms with E-state index in [0.717, 1.165) is 5.56 Å². The van der Waals surface area contributed by atoms with E-state index in [9.17, 15) is 14.4 Å². The van der Waals surface area contributed by atoms with Crippen LogP contribution in [-0.4, -0.2) is 50.3 Å². The van der Waals surface area contributed by atoms with Crippen molar-refractivity contribution in [1.29, 1.82) is 0 Å². The molecule has 0 aliphatic heterocycles. The predicted molar refractivity (Wildman–Crippen MR) is 113 cm³/mol. The molecule has 0 unspecified atom stereocenters. The van der Waals surface area contributed by atoms with Crippen LogP contribution in [0.5, 0.6) is 11.5 Å². The number of H-pyrrole nitrogens is 1. The molecule has 0 bridgehead atoms. The Hall–Kier alpha value is -3.49. The Labute approximate surface area is 181 Å². The number of methoxy groups -OCH3 is 2. The van der Waals surface area contributed by atoms with Crippen LogP contribution in [0.4, 0.5) is 0 Å². The molecule has 0 spiro atoms. The van der Waals surface area contributed by atoms with E-state index in [0.29, 0.717) is 22.8 Å². The number of esters is 2. The topological polar surface area (TPSA) is 116 Å². The number of hydrogen-bond donors (Lipinski definition) is 2. The monoisotopic (exact) mass is 432 g/mol. The van der Waals surface area contributed by atoms with Gasteiger partial charge in [0.25, 0.3) is 5.91 Å². The van der Waals surface area contributed by atoms with E-state index in [1.54, 1.807) is 53.0 Å². The van der Waals surface area contributed by atoms with E-state index in [4.69, 9.17) is 18.9 Å². The third kappa shape index (κ3) is 5.56. The minimum absolute atomic E-state index is 0.189. The number of aromatic amines is 1. The molecular weight excluding hydrogens is 404 g/mol. The van der Waals surface area contributed by atoms with Gasteiger partial charge in [0, 0.05) is 11.3 Å². The van der Waals surface area contributed by atoms with Crippen LogP contribution in [0.15, 0.2) is 18.2 Å². The van der Waals surface area contributed by atoms with Crippen molar-refractivity contribution in [1.82, 2.24) is 10.3 Å². The van der Waals surface area contributed by atoms with E-state index in [1.165, 1.54) is 7.11 Å². The number of aryl methyl sites for hydroxylation is 1. The maximum absolute atomic E-state index is 12.5. The SMILES string of the molecule is CCOC(=O)c1[nH]c(C)c(C(=O)OCC(=O)N[C@H](C)c2cc(OC)ccc2OC)c1C. The van der Waals surface area contributed by atoms with Gasteiger partial charge in [-0.25, -0.2) is 9.59 Å². The van der Waals surface area contributed by atoms with Gasteiger partial charge >= 0.3 is 11.9 Å². The molecule has 1 aromatic carbocycles. The van der Waals surface area contributed by atoms with E-state index >= 15 is 0 Å². The first-order valence-electron chi connectivity index (χ1n) is 9.78. The molecule has 0 saturated heterocycles. The molecule has 31 heavy (non-hydrogen) atoms. The molecule has 0 aliphatic rings. The molecule has 2 rings (SSSR count). The first-order valence-corrected chi connectivity index (χ1v) is 9.78. The summed E-state index contributed by atoms with van der Waals surface area (Å²) < 4.78 is 20.7. The smallest absolute Gasteiger partial charge is 0.355 e. The number of benzene rings is 1. The number of hydrogen-bond acceptors (Lipinski definition) is 7. The second kappa shape index (κ2) is 10.5. The third-order valence-electron chi connectivity index (χ3n) is 4.74. The number of ether oxygens (including phenoxy) is 4. The molecule has 1 heterocycles. The number of aromatic nitrogens is 1. The molecule has 2 aromatic rings. The molecule has 0 aliphatic carbocycles. The van der Waals surface area contributed by atoms with Crippen LogP contribution in [-0.2, 0) is 14.3 Å². The highest BCUT2D eigenvalue weighted by molar-refractivity contribution is 5.99. The Bertz CT molecular complexity index is 965. The summed E-state index contributed by atoms with van der Waals surface area (Å²) in [6.45, 7) is 6.47. The number of amides is 1. The van der Waals surface area contributed by atoms with Crippen molar-refractivity contribution in [2.75, 3.05) is 27.4 Å². The van der Waals surface area contributed by atoms with Gasteiger partial charge in [-0.05, 0) is 51.5 Å². The minimum Gasteiger partial charge on any atom is -0.497 e. The maximum Gasteiger partial charge on any atom is 0.355 e. The standard InChI is InChI=1S/C22H28N2O7/c1-7-30-22(27)20-12(2)19(14(4)24-20)21(26)31-11-18(25)23-13(3)16-10-15(28-5)8-9-17(16)29-6/h8-10,13,24H,7,11H2,1-6H3,(H,23,25)/t13-/m1/s1. The molecule has 2 N–H and O–H groups in total. The van der Waals surface area contributed by atoms with E-state index < -0.39 is 30.5 Å². The van der Waals surface area contributed by atoms with Gasteiger partial charge in [-0.15, -0.1) is 0 Å². The fraction of sp³-hybridized carbons (Fsp3) is 0.409. The van der Waals surface area contributed by atoms with Crippen LogP contribution >= 0.6 is 0 Å². The van der Waals surface area contributed by atoms with Gasteiger partial charge in [0.1, 0.15) is 17.2 Å². The summed E-state index contributed by atoms with van der Waals surface area (Å²) in [6.07, 6.45) is 0. The summed E-state index contributed by atoms with van der Waals surface area (Å²) in [5.41, 5.74) is 1.99. The second-order valence-corrected chi connectivity index (χ2v) is 6.82. The first-order chi connectivity index (χ1) is 14.7. The Morgan fingerprint density at radius 3 is 2.39 bits per heavy atom. The van der Waals surface area contributed by atoms with Crippen LogP contribution in [0.3, 0.4) is 0 Å². The number of carbonyl (C=O) groups excluding carboxylic acids is 3. The Morgan fingerprint density at radius 1 is 1.06 bits per heavy atom. The van der Waals surface area contributed by atoms with Crippen molar-refractivity contribution in [3.63, 3.8) is 0 Å². The van der Waals surface area contributed by atoms with Crippen molar-refractivity contribution >= 4 is 17.8 Å². The molecule has 1 amide bonds. The van der Waals surface area contributed by atoms with Crippen LogP contribution < -0.4 is 14.8 Å². The summed E-state index contributed by atoms with van der Waals surface area (Å²) in [7, 11) is 3.08. The lowest BCUT2D eigenvalue weighted by atomic mass is 10.1. The van der Waals surface area contributed by atoms with Gasteiger partial charge in [0.2, 0.25) is 0 Å². The van der Waals surface area contributed by atoms with E-state index in [1.807, 2.05) is 0 Å². The fourth-order valence-corrected chi connectivity index (χ4v) is 3.21. The molecule has 0 radical (unpaired) electrons. The highest BCUT2D eigenvalue weighted by Crippen LogP contribution is 2.29. The molecule has 0 saturated carbocycles. The van der Waals surface area contributed by atoms with Crippen LogP contribution in [0.2, 0.25) is 0 Å². The van der Waals surface area contributed by atoms with Crippen molar-refractivity contribution in [3.05, 3.63) is 46.3 Å². The number of nitrogens with one attached hydrogen (secondary N) is 2. The summed E-state index contributed by atoms with van der Waals surface area (Å²) >= 11 is 0. The Balaban J connectivity index is 2.04. The van der Waals surface area contributed by atoms with Gasteiger partial charge in [0.05, 0.1) is 32.4 Å². The molecule has 1 aromatic heterocycles. The van der Waals surface area contributed by atoms with Crippen LogP contribution in [0.25, 0.3) is 0 Å². The lowest BCUT2D eigenvalue weighted by molar-refractivity contribution is -0.124. The lowest BCUT2D eigenvalue weighted by Gasteiger charge is -2.18. The summed E-state index contributed by atoms with van der Waals surface area (Å²) in [4.78, 5) is 39.7. The van der Waals surface area contributed by atoms with Crippen LogP contribution in [0, 0.1) is 13.8 Å². The maximum atomic E-state index is 12.5. The predicted octanol–water partition coefficient (Wildman–Crippen LogP) is 2.86. The third-order valence-corrected chi connectivity index (χ3v) is 4.74. The van der Waals surface area contributed by atoms with Gasteiger partial charge in [-0.2, -0.15) is 0 Å². The van der Waals surface area contributed by atoms with Crippen molar-refractivity contribution < 1.29 is 33.3 Å². The zero-order valence-electron chi connectivity index (χ0n) is 18.6. The van der Waals surface area contributed by atoms with Crippen molar-refractivity contribution in [3.8, 4) is 11.5 Å². The molecule has 9 nitrogen and oxygen atoms in total. The molecule has 0 fully saturated rings. The normalized spacial score (nSPS) is 11.4. The number of carbonyl (C=O) groups is 3. The van der Waals surface area contributed by atoms with Crippen LogP contribution in [0.1, 0.15) is 57.6 Å². The van der Waals surface area contributed by atoms with E-state index in [2.05, 4.69) is 10.3 Å². The van der Waals surface area contributed by atoms with E-state index in [-0.39, 0.29) is 17.9 Å². The second-order valence-electron chi connectivity index (χ2n) is 6.82. The molecule has 1 atom stereocenters. The minimum atomic E-state index is -0.705. The van der Waals surface area contributed by atoms with Gasteiger partial charge < -0.3 is 29.2 Å². The quantitative estimate of drug-likeness (QED) is 0.585. The molecular formula is C22H28N2O7. The summed E-state index contributed by atoms with van der Waals surface area (Å²) in [5.74, 6) is -0.526. The zero-order chi connectivity index (χ0) is 23.1. The van der Waals surface area contributed by atoms with Crippen molar-refractivity contribution in [2.24, 2.45) is 0 Å². The first kappa shape index (κ1) is 23.8. The average molecular weight is 432 g/mol. The van der Waals surface area contributed by atoms with Gasteiger partial charge in [-0.3, -0.25) is 4.79 Å². The van der Waals surface area contributed by atoms with Gasteiger partial charge in [-0.1, -0.05) is 0 Å². The number of rotatable bonds is 9. The largest absolute Gasteiger partial charge is 0.497 e. The Kier molecular flexibility index (Phi) is 8.07. The van der Waals surface area contributed by atoms with Gasteiger partial charge in [0.15, 0.2) is 6.61 Å². The average Bonchev–Trinajstić information content (AvgIpc) is 3.05. The molecule has 168 valence electrons. The lowest BCUT2D eigenvalue weighted by Crippen LogP contribution is -2.31. The highest BCUT2D eigenvalue weighted by atomic mass is 16.5.